The number of nitrogens with two attached hydrogens (primary N) is 1. The molecule has 18 heavy (non-hydrogen) atoms. The summed E-state index contributed by atoms with van der Waals surface area (Å²) in [4.78, 5) is 0. The maximum atomic E-state index is 6.19. The van der Waals surface area contributed by atoms with Crippen molar-refractivity contribution in [2.45, 2.75) is 32.4 Å². The highest BCUT2D eigenvalue weighted by Gasteiger charge is 2.21. The number of halogens is 1. The van der Waals surface area contributed by atoms with Crippen molar-refractivity contribution in [2.75, 3.05) is 6.61 Å². The first-order valence-corrected chi connectivity index (χ1v) is 6.59. The number of ether oxygens (including phenoxy) is 1. The topological polar surface area (TPSA) is 48.4 Å². The van der Waals surface area contributed by atoms with Crippen molar-refractivity contribution in [2.24, 2.45) is 5.73 Å². The van der Waals surface area contributed by atoms with Gasteiger partial charge in [0.2, 0.25) is 0 Å². The van der Waals surface area contributed by atoms with Crippen LogP contribution in [0.1, 0.15) is 32.1 Å². The molecule has 0 fully saturated rings. The Bertz CT molecular complexity index is 523. The van der Waals surface area contributed by atoms with Crippen LogP contribution in [-0.2, 0) is 4.74 Å². The second-order valence-electron chi connectivity index (χ2n) is 4.26. The van der Waals surface area contributed by atoms with Crippen molar-refractivity contribution in [3.8, 4) is 0 Å². The molecule has 0 saturated carbocycles. The van der Waals surface area contributed by atoms with E-state index < -0.39 is 0 Å². The summed E-state index contributed by atoms with van der Waals surface area (Å²) in [7, 11) is 0. The average molecular weight is 268 g/mol. The molecular formula is C14H18ClNO2. The van der Waals surface area contributed by atoms with Gasteiger partial charge in [0.1, 0.15) is 11.3 Å². The molecule has 0 saturated heterocycles. The number of hydrogen-bond donors (Lipinski definition) is 1. The zero-order chi connectivity index (χ0) is 13.1. The molecule has 4 heteroatoms. The van der Waals surface area contributed by atoms with Gasteiger partial charge in [-0.2, -0.15) is 0 Å². The van der Waals surface area contributed by atoms with Crippen molar-refractivity contribution >= 4 is 22.6 Å². The lowest BCUT2D eigenvalue weighted by atomic mass is 10.1. The van der Waals surface area contributed by atoms with Crippen LogP contribution in [0.5, 0.6) is 0 Å². The number of benzene rings is 1. The van der Waals surface area contributed by atoms with E-state index in [1.54, 1.807) is 0 Å². The molecular weight excluding hydrogens is 250 g/mol. The molecule has 2 aromatic rings. The minimum absolute atomic E-state index is 0.0222. The first kappa shape index (κ1) is 13.4. The molecule has 0 aliphatic carbocycles. The van der Waals surface area contributed by atoms with E-state index in [4.69, 9.17) is 26.5 Å². The molecule has 98 valence electrons. The van der Waals surface area contributed by atoms with E-state index in [1.807, 2.05) is 31.2 Å². The van der Waals surface area contributed by atoms with E-state index >= 15 is 0 Å². The van der Waals surface area contributed by atoms with Crippen molar-refractivity contribution in [1.82, 2.24) is 0 Å². The van der Waals surface area contributed by atoms with Crippen LogP contribution in [0.2, 0.25) is 5.02 Å². The molecule has 0 bridgehead atoms. The van der Waals surface area contributed by atoms with Gasteiger partial charge in [-0.3, -0.25) is 0 Å². The standard InChI is InChI=1S/C14H18ClNO2/c1-3-11(17-4-2)14(16)13-8-9-7-10(15)5-6-12(9)18-13/h5-8,11,14H,3-4,16H2,1-2H3. The summed E-state index contributed by atoms with van der Waals surface area (Å²) in [6.45, 7) is 4.67. The van der Waals surface area contributed by atoms with Crippen LogP contribution in [0.4, 0.5) is 0 Å². The molecule has 2 N–H and O–H groups in total. The summed E-state index contributed by atoms with van der Waals surface area (Å²) in [5.41, 5.74) is 6.99. The highest BCUT2D eigenvalue weighted by molar-refractivity contribution is 6.31. The summed E-state index contributed by atoms with van der Waals surface area (Å²) in [6.07, 6.45) is 0.832. The van der Waals surface area contributed by atoms with Gasteiger partial charge in [0.05, 0.1) is 12.1 Å². The average Bonchev–Trinajstić information content (AvgIpc) is 2.77. The first-order chi connectivity index (χ1) is 8.65. The van der Waals surface area contributed by atoms with E-state index in [0.717, 1.165) is 23.2 Å². The summed E-state index contributed by atoms with van der Waals surface area (Å²) >= 11 is 5.95. The monoisotopic (exact) mass is 267 g/mol. The molecule has 1 aromatic carbocycles. The maximum Gasteiger partial charge on any atom is 0.134 e. The van der Waals surface area contributed by atoms with Crippen LogP contribution in [0.3, 0.4) is 0 Å². The van der Waals surface area contributed by atoms with Crippen LogP contribution >= 0.6 is 11.6 Å². The number of hydrogen-bond acceptors (Lipinski definition) is 3. The zero-order valence-corrected chi connectivity index (χ0v) is 11.4. The molecule has 1 aromatic heterocycles. The van der Waals surface area contributed by atoms with E-state index in [9.17, 15) is 0 Å². The smallest absolute Gasteiger partial charge is 0.134 e. The highest BCUT2D eigenvalue weighted by atomic mass is 35.5. The molecule has 0 spiro atoms. The molecule has 0 aliphatic rings. The Labute approximate surface area is 112 Å². The Hall–Kier alpha value is -1.03. The summed E-state index contributed by atoms with van der Waals surface area (Å²) in [5.74, 6) is 0.743. The van der Waals surface area contributed by atoms with Crippen molar-refractivity contribution < 1.29 is 9.15 Å². The normalized spacial score (nSPS) is 14.9. The predicted molar refractivity (Wildman–Crippen MR) is 73.9 cm³/mol. The lowest BCUT2D eigenvalue weighted by Crippen LogP contribution is -2.28. The van der Waals surface area contributed by atoms with Gasteiger partial charge in [-0.1, -0.05) is 18.5 Å². The minimum atomic E-state index is -0.249. The fourth-order valence-corrected chi connectivity index (χ4v) is 2.25. The predicted octanol–water partition coefficient (Wildman–Crippen LogP) is 3.90. The third-order valence-electron chi connectivity index (χ3n) is 3.01. The number of fused-ring (bicyclic) bond motifs is 1. The highest BCUT2D eigenvalue weighted by Crippen LogP contribution is 2.28. The lowest BCUT2D eigenvalue weighted by Gasteiger charge is -2.20. The van der Waals surface area contributed by atoms with Crippen LogP contribution in [0.25, 0.3) is 11.0 Å². The van der Waals surface area contributed by atoms with E-state index in [1.165, 1.54) is 0 Å². The van der Waals surface area contributed by atoms with E-state index in [-0.39, 0.29) is 12.1 Å². The SMILES string of the molecule is CCOC(CC)C(N)c1cc2cc(Cl)ccc2o1. The van der Waals surface area contributed by atoms with Crippen LogP contribution < -0.4 is 5.73 Å². The molecule has 1 heterocycles. The lowest BCUT2D eigenvalue weighted by molar-refractivity contribution is 0.0368. The third-order valence-corrected chi connectivity index (χ3v) is 3.24. The molecule has 0 radical (unpaired) electrons. The Morgan fingerprint density at radius 2 is 2.11 bits per heavy atom. The van der Waals surface area contributed by atoms with E-state index in [2.05, 4.69) is 6.92 Å². The largest absolute Gasteiger partial charge is 0.459 e. The third kappa shape index (κ3) is 2.69. The van der Waals surface area contributed by atoms with Crippen LogP contribution in [0, 0.1) is 0 Å². The molecule has 2 unspecified atom stereocenters. The minimum Gasteiger partial charge on any atom is -0.459 e. The van der Waals surface area contributed by atoms with Gasteiger partial charge in [0.15, 0.2) is 0 Å². The summed E-state index contributed by atoms with van der Waals surface area (Å²) in [5, 5.41) is 1.67. The molecule has 0 aliphatic heterocycles. The van der Waals surface area contributed by atoms with Gasteiger partial charge >= 0.3 is 0 Å². The molecule has 2 atom stereocenters. The van der Waals surface area contributed by atoms with Gasteiger partial charge in [-0.05, 0) is 37.6 Å². The Balaban J connectivity index is 2.29. The van der Waals surface area contributed by atoms with Crippen LogP contribution in [0.15, 0.2) is 28.7 Å². The Kier molecular flexibility index (Phi) is 4.27. The Morgan fingerprint density at radius 1 is 1.33 bits per heavy atom. The zero-order valence-electron chi connectivity index (χ0n) is 10.7. The van der Waals surface area contributed by atoms with Crippen LogP contribution in [-0.4, -0.2) is 12.7 Å². The number of rotatable bonds is 5. The first-order valence-electron chi connectivity index (χ1n) is 6.21. The second kappa shape index (κ2) is 5.74. The van der Waals surface area contributed by atoms with Gasteiger partial charge in [-0.15, -0.1) is 0 Å². The van der Waals surface area contributed by atoms with Crippen molar-refractivity contribution in [3.63, 3.8) is 0 Å². The molecule has 2 rings (SSSR count). The fraction of sp³-hybridized carbons (Fsp3) is 0.429. The maximum absolute atomic E-state index is 6.19. The van der Waals surface area contributed by atoms with Crippen molar-refractivity contribution in [1.29, 1.82) is 0 Å². The summed E-state index contributed by atoms with van der Waals surface area (Å²) in [6, 6.07) is 7.23. The molecule has 0 amide bonds. The second-order valence-corrected chi connectivity index (χ2v) is 4.70. The van der Waals surface area contributed by atoms with E-state index in [0.29, 0.717) is 11.6 Å². The van der Waals surface area contributed by atoms with Gasteiger partial charge in [0.25, 0.3) is 0 Å². The van der Waals surface area contributed by atoms with Crippen molar-refractivity contribution in [3.05, 3.63) is 35.0 Å². The quantitative estimate of drug-likeness (QED) is 0.894. The van der Waals surface area contributed by atoms with Gasteiger partial charge in [-0.25, -0.2) is 0 Å². The Morgan fingerprint density at radius 3 is 2.78 bits per heavy atom. The number of furan rings is 1. The molecule has 3 nitrogen and oxygen atoms in total. The van der Waals surface area contributed by atoms with Gasteiger partial charge in [0, 0.05) is 17.0 Å². The fourth-order valence-electron chi connectivity index (χ4n) is 2.07. The summed E-state index contributed by atoms with van der Waals surface area (Å²) < 4.78 is 11.4. The van der Waals surface area contributed by atoms with Gasteiger partial charge < -0.3 is 14.9 Å².